The van der Waals surface area contributed by atoms with Crippen molar-refractivity contribution >= 4 is 5.78 Å². The second-order valence-electron chi connectivity index (χ2n) is 4.11. The lowest BCUT2D eigenvalue weighted by atomic mass is 9.74. The van der Waals surface area contributed by atoms with E-state index >= 15 is 0 Å². The molecule has 2 rings (SSSR count). The van der Waals surface area contributed by atoms with Crippen molar-refractivity contribution in [1.82, 2.24) is 0 Å². The van der Waals surface area contributed by atoms with Crippen LogP contribution in [0.3, 0.4) is 0 Å². The van der Waals surface area contributed by atoms with Gasteiger partial charge in [-0.25, -0.2) is 0 Å². The van der Waals surface area contributed by atoms with Crippen LogP contribution in [-0.4, -0.2) is 5.78 Å². The molecule has 1 unspecified atom stereocenters. The molecule has 0 aromatic heterocycles. The lowest BCUT2D eigenvalue weighted by molar-refractivity contribution is -0.122. The molecular weight excluding hydrogens is 148 g/mol. The summed E-state index contributed by atoms with van der Waals surface area (Å²) >= 11 is 0. The highest BCUT2D eigenvalue weighted by atomic mass is 16.1. The number of carbonyl (C=O) groups excluding carboxylic acids is 1. The van der Waals surface area contributed by atoms with Crippen molar-refractivity contribution in [3.63, 3.8) is 0 Å². The average molecular weight is 164 g/mol. The first-order chi connectivity index (χ1) is 5.79. The average Bonchev–Trinajstić information content (AvgIpc) is 2.15. The summed E-state index contributed by atoms with van der Waals surface area (Å²) in [6.45, 7) is 2.04. The van der Waals surface area contributed by atoms with E-state index in [1.165, 1.54) is 43.3 Å². The quantitative estimate of drug-likeness (QED) is 0.503. The fourth-order valence-corrected chi connectivity index (χ4v) is 2.26. The summed E-state index contributed by atoms with van der Waals surface area (Å²) in [7, 11) is 0. The van der Waals surface area contributed by atoms with Crippen LogP contribution in [0.4, 0.5) is 0 Å². The summed E-state index contributed by atoms with van der Waals surface area (Å²) in [4.78, 5) is 11.4. The molecule has 0 aromatic rings. The molecule has 0 N–H and O–H groups in total. The Morgan fingerprint density at radius 2 is 1.83 bits per heavy atom. The number of hydrogen-bond donors (Lipinski definition) is 0. The largest absolute Gasteiger partial charge is 0.294 e. The first-order valence-electron chi connectivity index (χ1n) is 5.04. The minimum absolute atomic E-state index is 0.328. The fraction of sp³-hybridized carbons (Fsp3) is 0.727. The normalized spacial score (nSPS) is 30.4. The Morgan fingerprint density at radius 3 is 2.33 bits per heavy atom. The molecule has 2 fully saturated rings. The van der Waals surface area contributed by atoms with Crippen molar-refractivity contribution in [2.45, 2.75) is 45.4 Å². The van der Waals surface area contributed by atoms with Gasteiger partial charge in [-0.05, 0) is 37.7 Å². The van der Waals surface area contributed by atoms with Crippen molar-refractivity contribution in [3.05, 3.63) is 11.1 Å². The summed E-state index contributed by atoms with van der Waals surface area (Å²) in [5.74, 6) is 0.765. The minimum Gasteiger partial charge on any atom is -0.294 e. The summed E-state index contributed by atoms with van der Waals surface area (Å²) in [6.07, 6.45) is 7.44. The summed E-state index contributed by atoms with van der Waals surface area (Å²) in [5, 5.41) is 0. The van der Waals surface area contributed by atoms with E-state index in [2.05, 4.69) is 0 Å². The van der Waals surface area contributed by atoms with Crippen LogP contribution in [0.5, 0.6) is 0 Å². The Labute approximate surface area is 73.8 Å². The first kappa shape index (κ1) is 8.03. The Bertz CT molecular complexity index is 229. The van der Waals surface area contributed by atoms with Crippen LogP contribution in [0.2, 0.25) is 0 Å². The maximum Gasteiger partial charge on any atom is 0.161 e. The molecule has 2 aliphatic carbocycles. The molecule has 12 heavy (non-hydrogen) atoms. The lowest BCUT2D eigenvalue weighted by Gasteiger charge is -2.28. The van der Waals surface area contributed by atoms with E-state index in [0.29, 0.717) is 11.7 Å². The molecule has 0 heterocycles. The molecule has 0 amide bonds. The van der Waals surface area contributed by atoms with Gasteiger partial charge in [0.25, 0.3) is 0 Å². The lowest BCUT2D eigenvalue weighted by Crippen LogP contribution is -2.28. The van der Waals surface area contributed by atoms with Gasteiger partial charge in [0.15, 0.2) is 5.78 Å². The van der Waals surface area contributed by atoms with Crippen LogP contribution in [-0.2, 0) is 4.79 Å². The van der Waals surface area contributed by atoms with E-state index < -0.39 is 0 Å². The molecule has 0 spiro atoms. The zero-order chi connectivity index (χ0) is 8.55. The molecule has 2 aliphatic rings. The van der Waals surface area contributed by atoms with Gasteiger partial charge in [-0.2, -0.15) is 0 Å². The SMILES string of the molecule is CC1CC(=C2CCCCC2)C1=O. The number of rotatable bonds is 0. The van der Waals surface area contributed by atoms with Gasteiger partial charge in [0.05, 0.1) is 0 Å². The molecule has 1 heteroatoms. The van der Waals surface area contributed by atoms with Gasteiger partial charge < -0.3 is 0 Å². The van der Waals surface area contributed by atoms with Gasteiger partial charge in [-0.1, -0.05) is 18.9 Å². The highest BCUT2D eigenvalue weighted by Crippen LogP contribution is 2.36. The molecule has 1 nitrogen and oxygen atoms in total. The van der Waals surface area contributed by atoms with Gasteiger partial charge >= 0.3 is 0 Å². The first-order valence-corrected chi connectivity index (χ1v) is 5.04. The molecule has 0 aliphatic heterocycles. The van der Waals surface area contributed by atoms with Crippen molar-refractivity contribution < 1.29 is 4.79 Å². The van der Waals surface area contributed by atoms with Crippen molar-refractivity contribution in [3.8, 4) is 0 Å². The molecule has 0 saturated heterocycles. The number of Topliss-reactive ketones (excluding diaryl/α,β-unsaturated/α-hetero) is 1. The Kier molecular flexibility index (Phi) is 2.03. The Morgan fingerprint density at radius 1 is 1.17 bits per heavy atom. The zero-order valence-electron chi connectivity index (χ0n) is 7.73. The second-order valence-corrected chi connectivity index (χ2v) is 4.11. The van der Waals surface area contributed by atoms with E-state index in [-0.39, 0.29) is 0 Å². The minimum atomic E-state index is 0.328. The molecule has 66 valence electrons. The zero-order valence-corrected chi connectivity index (χ0v) is 7.73. The maximum atomic E-state index is 11.4. The van der Waals surface area contributed by atoms with Crippen LogP contribution in [0.1, 0.15) is 45.4 Å². The number of carbonyl (C=O) groups is 1. The van der Waals surface area contributed by atoms with Crippen LogP contribution in [0, 0.1) is 5.92 Å². The van der Waals surface area contributed by atoms with Gasteiger partial charge in [-0.15, -0.1) is 0 Å². The molecule has 0 aromatic carbocycles. The standard InChI is InChI=1S/C11H16O/c1-8-7-10(11(8)12)9-5-3-2-4-6-9/h8H,2-7H2,1H3. The monoisotopic (exact) mass is 164 g/mol. The third kappa shape index (κ3) is 1.21. The van der Waals surface area contributed by atoms with E-state index in [4.69, 9.17) is 0 Å². The van der Waals surface area contributed by atoms with Crippen molar-refractivity contribution in [2.24, 2.45) is 5.92 Å². The Hall–Kier alpha value is -0.590. The predicted molar refractivity (Wildman–Crippen MR) is 48.9 cm³/mol. The van der Waals surface area contributed by atoms with Crippen LogP contribution in [0.15, 0.2) is 11.1 Å². The van der Waals surface area contributed by atoms with Crippen LogP contribution in [0.25, 0.3) is 0 Å². The molecule has 0 radical (unpaired) electrons. The third-order valence-corrected chi connectivity index (χ3v) is 3.14. The van der Waals surface area contributed by atoms with Crippen molar-refractivity contribution in [1.29, 1.82) is 0 Å². The second kappa shape index (κ2) is 3.04. The summed E-state index contributed by atoms with van der Waals surface area (Å²) in [6, 6.07) is 0. The van der Waals surface area contributed by atoms with E-state index in [0.717, 1.165) is 6.42 Å². The topological polar surface area (TPSA) is 17.1 Å². The summed E-state index contributed by atoms with van der Waals surface area (Å²) < 4.78 is 0. The van der Waals surface area contributed by atoms with Crippen LogP contribution < -0.4 is 0 Å². The van der Waals surface area contributed by atoms with E-state index in [9.17, 15) is 4.79 Å². The number of ketones is 1. The van der Waals surface area contributed by atoms with Gasteiger partial charge in [-0.3, -0.25) is 4.79 Å². The van der Waals surface area contributed by atoms with Crippen LogP contribution >= 0.6 is 0 Å². The molecular formula is C11H16O. The fourth-order valence-electron chi connectivity index (χ4n) is 2.26. The smallest absolute Gasteiger partial charge is 0.161 e. The van der Waals surface area contributed by atoms with E-state index in [1.54, 1.807) is 0 Å². The molecule has 2 saturated carbocycles. The van der Waals surface area contributed by atoms with Gasteiger partial charge in [0.2, 0.25) is 0 Å². The van der Waals surface area contributed by atoms with Gasteiger partial charge in [0.1, 0.15) is 0 Å². The predicted octanol–water partition coefficient (Wildman–Crippen LogP) is 2.86. The highest BCUT2D eigenvalue weighted by Gasteiger charge is 2.32. The number of hydrogen-bond acceptors (Lipinski definition) is 1. The third-order valence-electron chi connectivity index (χ3n) is 3.14. The Balaban J connectivity index is 2.10. The maximum absolute atomic E-state index is 11.4. The summed E-state index contributed by atoms with van der Waals surface area (Å²) in [5.41, 5.74) is 2.69. The van der Waals surface area contributed by atoms with Gasteiger partial charge in [0, 0.05) is 5.92 Å². The van der Waals surface area contributed by atoms with E-state index in [1.807, 2.05) is 6.92 Å². The number of allylic oxidation sites excluding steroid dienone is 2. The molecule has 1 atom stereocenters. The highest BCUT2D eigenvalue weighted by molar-refractivity contribution is 6.04. The molecule has 0 bridgehead atoms. The van der Waals surface area contributed by atoms with Crippen molar-refractivity contribution in [2.75, 3.05) is 0 Å².